The molecule has 0 aromatic heterocycles. The maximum Gasteiger partial charge on any atom is 0.231 e. The van der Waals surface area contributed by atoms with Crippen LogP contribution in [0.5, 0.6) is 17.2 Å². The van der Waals surface area contributed by atoms with Gasteiger partial charge in [0.2, 0.25) is 6.79 Å². The van der Waals surface area contributed by atoms with E-state index >= 15 is 0 Å². The van der Waals surface area contributed by atoms with Crippen molar-refractivity contribution in [2.75, 3.05) is 26.5 Å². The predicted octanol–water partition coefficient (Wildman–Crippen LogP) is 2.05. The number of piperidine rings is 1. The second-order valence-corrected chi connectivity index (χ2v) is 7.15. The molecule has 140 valence electrons. The molecule has 3 heterocycles. The highest BCUT2D eigenvalue weighted by Gasteiger charge is 2.36. The molecular weight excluding hydrogens is 358 g/mol. The van der Waals surface area contributed by atoms with Gasteiger partial charge in [-0.1, -0.05) is 11.6 Å². The van der Waals surface area contributed by atoms with Crippen LogP contribution in [0.1, 0.15) is 19.8 Å². The monoisotopic (exact) mass is 379 g/mol. The molecule has 0 amide bonds. The van der Waals surface area contributed by atoms with Crippen LogP contribution in [0.3, 0.4) is 0 Å². The van der Waals surface area contributed by atoms with Gasteiger partial charge in [0.1, 0.15) is 35.1 Å². The first-order valence-electron chi connectivity index (χ1n) is 8.72. The van der Waals surface area contributed by atoms with E-state index in [0.717, 1.165) is 43.2 Å². The molecule has 1 saturated heterocycles. The summed E-state index contributed by atoms with van der Waals surface area (Å²) in [6.45, 7) is 3.76. The number of aliphatic hydroxyl groups is 1. The third-order valence-corrected chi connectivity index (χ3v) is 5.11. The molecule has 0 saturated carbocycles. The van der Waals surface area contributed by atoms with Crippen LogP contribution in [-0.2, 0) is 0 Å². The summed E-state index contributed by atoms with van der Waals surface area (Å²) in [6, 6.07) is 5.66. The quantitative estimate of drug-likeness (QED) is 0.780. The SMILES string of the molecule is CC1(N2CCC(Oc3ccc4c(c3)OCO4)CC2)C=C(Cl)NC(CO)=N1. The van der Waals surface area contributed by atoms with E-state index in [-0.39, 0.29) is 19.5 Å². The van der Waals surface area contributed by atoms with Gasteiger partial charge in [0, 0.05) is 19.2 Å². The van der Waals surface area contributed by atoms with Gasteiger partial charge in [0.15, 0.2) is 11.5 Å². The number of amidine groups is 1. The van der Waals surface area contributed by atoms with E-state index < -0.39 is 5.66 Å². The van der Waals surface area contributed by atoms with Gasteiger partial charge in [0.25, 0.3) is 0 Å². The number of aliphatic imine (C=N–C) groups is 1. The summed E-state index contributed by atoms with van der Waals surface area (Å²) >= 11 is 6.16. The van der Waals surface area contributed by atoms with Gasteiger partial charge in [-0.2, -0.15) is 0 Å². The number of benzene rings is 1. The van der Waals surface area contributed by atoms with Crippen LogP contribution in [0, 0.1) is 0 Å². The van der Waals surface area contributed by atoms with Crippen molar-refractivity contribution in [3.8, 4) is 17.2 Å². The van der Waals surface area contributed by atoms with Crippen LogP contribution in [0.25, 0.3) is 0 Å². The van der Waals surface area contributed by atoms with E-state index in [1.807, 2.05) is 31.2 Å². The summed E-state index contributed by atoms with van der Waals surface area (Å²) in [4.78, 5) is 6.86. The summed E-state index contributed by atoms with van der Waals surface area (Å²) in [5.41, 5.74) is -0.551. The number of hydrogen-bond donors (Lipinski definition) is 2. The van der Waals surface area contributed by atoms with Crippen LogP contribution < -0.4 is 19.5 Å². The Labute approximate surface area is 157 Å². The molecule has 1 unspecified atom stereocenters. The van der Waals surface area contributed by atoms with Gasteiger partial charge in [-0.15, -0.1) is 0 Å². The van der Waals surface area contributed by atoms with Gasteiger partial charge in [-0.05, 0) is 38.0 Å². The number of hydrogen-bond acceptors (Lipinski definition) is 7. The number of nitrogens with zero attached hydrogens (tertiary/aromatic N) is 2. The summed E-state index contributed by atoms with van der Waals surface area (Å²) in [5.74, 6) is 2.77. The Balaban J connectivity index is 1.38. The molecule has 0 aliphatic carbocycles. The molecule has 0 bridgehead atoms. The second-order valence-electron chi connectivity index (χ2n) is 6.75. The number of aliphatic hydroxyl groups excluding tert-OH is 1. The fourth-order valence-corrected chi connectivity index (χ4v) is 3.87. The molecule has 4 rings (SSSR count). The van der Waals surface area contributed by atoms with Crippen molar-refractivity contribution in [2.24, 2.45) is 4.99 Å². The Morgan fingerprint density at radius 2 is 2.12 bits per heavy atom. The van der Waals surface area contributed by atoms with E-state index in [4.69, 9.17) is 25.8 Å². The topological polar surface area (TPSA) is 75.5 Å². The van der Waals surface area contributed by atoms with Crippen LogP contribution in [0.15, 0.2) is 34.4 Å². The minimum absolute atomic E-state index is 0.137. The lowest BCUT2D eigenvalue weighted by Gasteiger charge is -2.42. The van der Waals surface area contributed by atoms with Crippen LogP contribution in [0.2, 0.25) is 0 Å². The Hall–Kier alpha value is -1.96. The normalized spacial score (nSPS) is 26.1. The third kappa shape index (κ3) is 3.47. The molecule has 3 aliphatic rings. The van der Waals surface area contributed by atoms with Crippen molar-refractivity contribution in [2.45, 2.75) is 31.5 Å². The first kappa shape index (κ1) is 17.5. The van der Waals surface area contributed by atoms with Gasteiger partial charge in [-0.25, -0.2) is 4.99 Å². The molecule has 2 N–H and O–H groups in total. The summed E-state index contributed by atoms with van der Waals surface area (Å²) < 4.78 is 16.8. The number of likely N-dealkylation sites (tertiary alicyclic amines) is 1. The zero-order valence-electron chi connectivity index (χ0n) is 14.6. The van der Waals surface area contributed by atoms with Crippen molar-refractivity contribution in [3.63, 3.8) is 0 Å². The number of rotatable bonds is 4. The Kier molecular flexibility index (Phi) is 4.69. The smallest absolute Gasteiger partial charge is 0.231 e. The number of halogens is 1. The largest absolute Gasteiger partial charge is 0.490 e. The van der Waals surface area contributed by atoms with E-state index in [9.17, 15) is 5.11 Å². The average molecular weight is 380 g/mol. The summed E-state index contributed by atoms with van der Waals surface area (Å²) in [6.07, 6.45) is 3.78. The number of ether oxygens (including phenoxy) is 3. The standard InChI is InChI=1S/C18H22ClN3O4/c1-18(9-16(19)20-17(10-23)21-18)22-6-4-12(5-7-22)26-13-2-3-14-15(8-13)25-11-24-14/h2-3,8-9,12,23H,4-7,10-11H2,1H3,(H,20,21). The minimum Gasteiger partial charge on any atom is -0.490 e. The lowest BCUT2D eigenvalue weighted by Crippen LogP contribution is -2.52. The molecule has 1 atom stereocenters. The highest BCUT2D eigenvalue weighted by Crippen LogP contribution is 2.36. The third-order valence-electron chi connectivity index (χ3n) is 4.90. The van der Waals surface area contributed by atoms with Crippen molar-refractivity contribution in [3.05, 3.63) is 29.4 Å². The van der Waals surface area contributed by atoms with E-state index in [1.54, 1.807) is 0 Å². The molecule has 0 radical (unpaired) electrons. The Bertz CT molecular complexity index is 746. The molecule has 3 aliphatic heterocycles. The molecule has 0 spiro atoms. The number of fused-ring (bicyclic) bond motifs is 1. The first-order valence-corrected chi connectivity index (χ1v) is 9.10. The average Bonchev–Trinajstić information content (AvgIpc) is 3.09. The molecule has 26 heavy (non-hydrogen) atoms. The Morgan fingerprint density at radius 3 is 2.88 bits per heavy atom. The van der Waals surface area contributed by atoms with Crippen LogP contribution in [0.4, 0.5) is 0 Å². The van der Waals surface area contributed by atoms with Crippen LogP contribution >= 0.6 is 11.6 Å². The molecule has 1 fully saturated rings. The molecular formula is C18H22ClN3O4. The van der Waals surface area contributed by atoms with Gasteiger partial charge in [-0.3, -0.25) is 4.90 Å². The molecule has 7 nitrogen and oxygen atoms in total. The Morgan fingerprint density at radius 1 is 1.35 bits per heavy atom. The van der Waals surface area contributed by atoms with Gasteiger partial charge in [0.05, 0.1) is 0 Å². The van der Waals surface area contributed by atoms with E-state index in [2.05, 4.69) is 15.2 Å². The van der Waals surface area contributed by atoms with E-state index in [1.165, 1.54) is 0 Å². The van der Waals surface area contributed by atoms with E-state index in [0.29, 0.717) is 11.0 Å². The highest BCUT2D eigenvalue weighted by molar-refractivity contribution is 6.30. The zero-order valence-corrected chi connectivity index (χ0v) is 15.3. The minimum atomic E-state index is -0.551. The fraction of sp³-hybridized carbons (Fsp3) is 0.500. The lowest BCUT2D eigenvalue weighted by atomic mass is 10.0. The first-order chi connectivity index (χ1) is 12.6. The maximum atomic E-state index is 9.38. The van der Waals surface area contributed by atoms with Crippen molar-refractivity contribution < 1.29 is 19.3 Å². The van der Waals surface area contributed by atoms with Crippen molar-refractivity contribution >= 4 is 17.4 Å². The molecule has 1 aromatic carbocycles. The summed E-state index contributed by atoms with van der Waals surface area (Å²) in [7, 11) is 0. The second kappa shape index (κ2) is 6.98. The zero-order chi connectivity index (χ0) is 18.1. The van der Waals surface area contributed by atoms with Crippen molar-refractivity contribution in [1.29, 1.82) is 0 Å². The highest BCUT2D eigenvalue weighted by atomic mass is 35.5. The maximum absolute atomic E-state index is 9.38. The summed E-state index contributed by atoms with van der Waals surface area (Å²) in [5, 5.41) is 12.7. The lowest BCUT2D eigenvalue weighted by molar-refractivity contribution is 0.0556. The van der Waals surface area contributed by atoms with Gasteiger partial charge >= 0.3 is 0 Å². The molecule has 8 heteroatoms. The van der Waals surface area contributed by atoms with Crippen LogP contribution in [-0.4, -0.2) is 54.1 Å². The number of nitrogens with one attached hydrogen (secondary N) is 1. The van der Waals surface area contributed by atoms with Crippen molar-refractivity contribution in [1.82, 2.24) is 10.2 Å². The predicted molar refractivity (Wildman–Crippen MR) is 97.8 cm³/mol. The van der Waals surface area contributed by atoms with Gasteiger partial charge < -0.3 is 24.6 Å². The molecule has 1 aromatic rings. The fourth-order valence-electron chi connectivity index (χ4n) is 3.55.